The van der Waals surface area contributed by atoms with Gasteiger partial charge in [-0.1, -0.05) is 13.8 Å². The van der Waals surface area contributed by atoms with Crippen LogP contribution in [-0.4, -0.2) is 23.6 Å². The Hall–Kier alpha value is -2.83. The molecular formula is C20H22O7. The Morgan fingerprint density at radius 3 is 2.41 bits per heavy atom. The van der Waals surface area contributed by atoms with Crippen LogP contribution in [0.3, 0.4) is 0 Å². The molecule has 0 saturated carbocycles. The molecule has 0 saturated heterocycles. The van der Waals surface area contributed by atoms with Crippen LogP contribution >= 0.6 is 0 Å². The molecule has 7 heteroatoms. The Labute approximate surface area is 156 Å². The molecule has 1 aliphatic rings. The average molecular weight is 374 g/mol. The van der Waals surface area contributed by atoms with Crippen molar-refractivity contribution in [2.75, 3.05) is 0 Å². The second-order valence-electron chi connectivity index (χ2n) is 7.40. The highest BCUT2D eigenvalue weighted by atomic mass is 16.6. The molecule has 0 fully saturated rings. The summed E-state index contributed by atoms with van der Waals surface area (Å²) in [7, 11) is 0. The van der Waals surface area contributed by atoms with Gasteiger partial charge in [0.05, 0.1) is 11.5 Å². The minimum Gasteiger partial charge on any atom is -0.483 e. The predicted octanol–water partition coefficient (Wildman–Crippen LogP) is 3.14. The van der Waals surface area contributed by atoms with Crippen molar-refractivity contribution in [3.05, 3.63) is 40.2 Å². The highest BCUT2D eigenvalue weighted by Crippen LogP contribution is 2.46. The van der Waals surface area contributed by atoms with Crippen LogP contribution in [0.25, 0.3) is 11.0 Å². The zero-order valence-corrected chi connectivity index (χ0v) is 15.9. The molecule has 0 unspecified atom stereocenters. The predicted molar refractivity (Wildman–Crippen MR) is 96.4 cm³/mol. The highest BCUT2D eigenvalue weighted by molar-refractivity contribution is 5.84. The summed E-state index contributed by atoms with van der Waals surface area (Å²) in [6.07, 6.45) is -1.89. The number of hydrogen-bond acceptors (Lipinski definition) is 7. The van der Waals surface area contributed by atoms with Gasteiger partial charge in [-0.15, -0.1) is 0 Å². The van der Waals surface area contributed by atoms with E-state index in [0.29, 0.717) is 16.7 Å². The number of carbonyl (C=O) groups excluding carboxylic acids is 2. The van der Waals surface area contributed by atoms with Crippen molar-refractivity contribution in [2.45, 2.75) is 52.4 Å². The Morgan fingerprint density at radius 1 is 1.11 bits per heavy atom. The molecule has 2 aromatic rings. The van der Waals surface area contributed by atoms with Crippen molar-refractivity contribution in [1.82, 2.24) is 0 Å². The third-order valence-corrected chi connectivity index (χ3v) is 4.41. The number of benzene rings is 1. The molecule has 1 aliphatic heterocycles. The molecule has 1 aromatic heterocycles. The summed E-state index contributed by atoms with van der Waals surface area (Å²) < 4.78 is 22.6. The van der Waals surface area contributed by atoms with E-state index >= 15 is 0 Å². The van der Waals surface area contributed by atoms with Gasteiger partial charge in [-0.05, 0) is 32.0 Å². The Balaban J connectivity index is 2.25. The molecule has 0 radical (unpaired) electrons. The van der Waals surface area contributed by atoms with Crippen LogP contribution < -0.4 is 10.4 Å². The number of fused-ring (bicyclic) bond motifs is 3. The molecule has 0 amide bonds. The van der Waals surface area contributed by atoms with E-state index in [9.17, 15) is 14.4 Å². The number of carbonyl (C=O) groups is 2. The molecule has 3 rings (SSSR count). The normalized spacial score (nSPS) is 20.7. The average Bonchev–Trinajstić information content (AvgIpc) is 2.56. The van der Waals surface area contributed by atoms with Crippen LogP contribution in [0.15, 0.2) is 33.5 Å². The summed E-state index contributed by atoms with van der Waals surface area (Å²) in [6, 6.07) is 6.39. The lowest BCUT2D eigenvalue weighted by molar-refractivity contribution is -0.190. The van der Waals surface area contributed by atoms with Crippen LogP contribution in [0.5, 0.6) is 5.75 Å². The van der Waals surface area contributed by atoms with Crippen molar-refractivity contribution in [1.29, 1.82) is 0 Å². The maximum atomic E-state index is 12.4. The zero-order valence-electron chi connectivity index (χ0n) is 15.9. The molecule has 1 aromatic carbocycles. The van der Waals surface area contributed by atoms with Crippen molar-refractivity contribution < 1.29 is 28.2 Å². The van der Waals surface area contributed by atoms with E-state index in [1.807, 2.05) is 0 Å². The van der Waals surface area contributed by atoms with Gasteiger partial charge < -0.3 is 18.6 Å². The Bertz CT molecular complexity index is 954. The molecular weight excluding hydrogens is 352 g/mol. The van der Waals surface area contributed by atoms with Gasteiger partial charge in [0, 0.05) is 18.4 Å². The van der Waals surface area contributed by atoms with Gasteiger partial charge in [0.25, 0.3) is 0 Å². The van der Waals surface area contributed by atoms with Gasteiger partial charge >= 0.3 is 17.6 Å². The van der Waals surface area contributed by atoms with E-state index < -0.39 is 35.4 Å². The van der Waals surface area contributed by atoms with Crippen molar-refractivity contribution in [2.24, 2.45) is 5.92 Å². The first kappa shape index (κ1) is 18.9. The molecule has 27 heavy (non-hydrogen) atoms. The molecule has 2 atom stereocenters. The summed E-state index contributed by atoms with van der Waals surface area (Å²) in [5, 5.41) is 0.642. The maximum Gasteiger partial charge on any atom is 0.336 e. The monoisotopic (exact) mass is 374 g/mol. The number of esters is 2. The largest absolute Gasteiger partial charge is 0.483 e. The topological polar surface area (TPSA) is 92.0 Å². The SMILES string of the molecule is CC(=O)O[C@@H]1[C@@H](OC(=O)C(C)C)c2c(ccc3ccc(=O)oc23)OC1(C)C. The number of rotatable bonds is 3. The third kappa shape index (κ3) is 3.54. The summed E-state index contributed by atoms with van der Waals surface area (Å²) >= 11 is 0. The van der Waals surface area contributed by atoms with Crippen molar-refractivity contribution >= 4 is 22.9 Å². The quantitative estimate of drug-likeness (QED) is 0.602. The van der Waals surface area contributed by atoms with Crippen LogP contribution in [0.2, 0.25) is 0 Å². The lowest BCUT2D eigenvalue weighted by Gasteiger charge is -2.43. The lowest BCUT2D eigenvalue weighted by Crippen LogP contribution is -2.52. The van der Waals surface area contributed by atoms with Crippen LogP contribution in [0.1, 0.15) is 46.3 Å². The third-order valence-electron chi connectivity index (χ3n) is 4.41. The molecule has 0 bridgehead atoms. The molecule has 7 nitrogen and oxygen atoms in total. The van der Waals surface area contributed by atoms with Crippen molar-refractivity contribution in [3.63, 3.8) is 0 Å². The standard InChI is InChI=1S/C20H22O7/c1-10(2)19(23)26-17-15-13(27-20(4,5)18(17)24-11(3)21)8-6-12-7-9-14(22)25-16(12)15/h6-10,17-18H,1-5H3/t17-,18+/m0/s1. The second-order valence-corrected chi connectivity index (χ2v) is 7.40. The molecule has 0 aliphatic carbocycles. The number of ether oxygens (including phenoxy) is 3. The molecule has 144 valence electrons. The molecule has 0 spiro atoms. The van der Waals surface area contributed by atoms with E-state index in [0.717, 1.165) is 0 Å². The fourth-order valence-corrected chi connectivity index (χ4v) is 3.12. The first-order chi connectivity index (χ1) is 12.6. The smallest absolute Gasteiger partial charge is 0.336 e. The summed E-state index contributed by atoms with van der Waals surface area (Å²) in [5.74, 6) is -0.977. The fourth-order valence-electron chi connectivity index (χ4n) is 3.12. The summed E-state index contributed by atoms with van der Waals surface area (Å²) in [5.41, 5.74) is -0.888. The van der Waals surface area contributed by atoms with Crippen LogP contribution in [-0.2, 0) is 19.1 Å². The van der Waals surface area contributed by atoms with E-state index in [1.165, 1.54) is 13.0 Å². The van der Waals surface area contributed by atoms with E-state index in [4.69, 9.17) is 18.6 Å². The van der Waals surface area contributed by atoms with Crippen molar-refractivity contribution in [3.8, 4) is 5.75 Å². The minimum absolute atomic E-state index is 0.245. The second kappa shape index (κ2) is 6.72. The zero-order chi connectivity index (χ0) is 19.9. The lowest BCUT2D eigenvalue weighted by atomic mass is 9.87. The summed E-state index contributed by atoms with van der Waals surface area (Å²) in [6.45, 7) is 8.17. The minimum atomic E-state index is -0.975. The van der Waals surface area contributed by atoms with Gasteiger partial charge in [-0.2, -0.15) is 0 Å². The Morgan fingerprint density at radius 2 is 1.78 bits per heavy atom. The van der Waals surface area contributed by atoms with Gasteiger partial charge in [-0.3, -0.25) is 9.59 Å². The van der Waals surface area contributed by atoms with Gasteiger partial charge in [0.1, 0.15) is 16.9 Å². The van der Waals surface area contributed by atoms with E-state index in [1.54, 1.807) is 45.9 Å². The summed E-state index contributed by atoms with van der Waals surface area (Å²) in [4.78, 5) is 35.9. The van der Waals surface area contributed by atoms with E-state index in [-0.39, 0.29) is 11.5 Å². The number of hydrogen-bond donors (Lipinski definition) is 0. The molecule has 0 N–H and O–H groups in total. The first-order valence-corrected chi connectivity index (χ1v) is 8.73. The maximum absolute atomic E-state index is 12.4. The van der Waals surface area contributed by atoms with Gasteiger partial charge in [-0.25, -0.2) is 4.79 Å². The van der Waals surface area contributed by atoms with Gasteiger partial charge in [0.2, 0.25) is 0 Å². The fraction of sp³-hybridized carbons (Fsp3) is 0.450. The first-order valence-electron chi connectivity index (χ1n) is 8.73. The van der Waals surface area contributed by atoms with Crippen LogP contribution in [0, 0.1) is 5.92 Å². The van der Waals surface area contributed by atoms with E-state index in [2.05, 4.69) is 0 Å². The Kier molecular flexibility index (Phi) is 4.71. The van der Waals surface area contributed by atoms with Crippen LogP contribution in [0.4, 0.5) is 0 Å². The van der Waals surface area contributed by atoms with Gasteiger partial charge in [0.15, 0.2) is 12.2 Å². The molecule has 2 heterocycles. The highest BCUT2D eigenvalue weighted by Gasteiger charge is 2.49.